The second-order valence-electron chi connectivity index (χ2n) is 7.03. The first kappa shape index (κ1) is 23.6. The number of aliphatic hydroxyl groups is 1. The molecule has 0 heterocycles. The van der Waals surface area contributed by atoms with Crippen LogP contribution in [0.15, 0.2) is 30.3 Å². The van der Waals surface area contributed by atoms with Crippen molar-refractivity contribution in [1.82, 2.24) is 10.6 Å². The van der Waals surface area contributed by atoms with Crippen molar-refractivity contribution in [2.45, 2.75) is 45.2 Å². The molecule has 1 rings (SSSR count). The summed E-state index contributed by atoms with van der Waals surface area (Å²) < 4.78 is 0. The van der Waals surface area contributed by atoms with Gasteiger partial charge in [-0.1, -0.05) is 44.2 Å². The Bertz CT molecular complexity index is 638. The highest BCUT2D eigenvalue weighted by Crippen LogP contribution is 2.17. The Morgan fingerprint density at radius 3 is 2.18 bits per heavy atom. The van der Waals surface area contributed by atoms with Gasteiger partial charge in [-0.25, -0.2) is 4.79 Å². The molecule has 0 saturated carbocycles. The van der Waals surface area contributed by atoms with Crippen LogP contribution in [0.3, 0.4) is 0 Å². The lowest BCUT2D eigenvalue weighted by molar-refractivity contribution is -0.142. The van der Waals surface area contributed by atoms with E-state index in [9.17, 15) is 24.6 Å². The van der Waals surface area contributed by atoms with Gasteiger partial charge in [0.25, 0.3) is 0 Å². The first-order chi connectivity index (χ1) is 13.3. The van der Waals surface area contributed by atoms with Gasteiger partial charge in [0.15, 0.2) is 0 Å². The maximum absolute atomic E-state index is 12.4. The number of amides is 2. The van der Waals surface area contributed by atoms with E-state index in [1.807, 2.05) is 13.0 Å². The summed E-state index contributed by atoms with van der Waals surface area (Å²) in [4.78, 5) is 36.3. The largest absolute Gasteiger partial charge is 0.480 e. The Labute approximate surface area is 165 Å². The van der Waals surface area contributed by atoms with Crippen molar-refractivity contribution in [3.63, 3.8) is 0 Å². The third-order valence-electron chi connectivity index (χ3n) is 4.84. The summed E-state index contributed by atoms with van der Waals surface area (Å²) in [6.07, 6.45) is 1.67. The van der Waals surface area contributed by atoms with Crippen LogP contribution in [0.25, 0.3) is 0 Å². The van der Waals surface area contributed by atoms with Crippen LogP contribution in [0, 0.1) is 11.8 Å². The molecule has 0 unspecified atom stereocenters. The van der Waals surface area contributed by atoms with Crippen LogP contribution in [0.2, 0.25) is 0 Å². The molecule has 0 radical (unpaired) electrons. The van der Waals surface area contributed by atoms with Crippen molar-refractivity contribution >= 4 is 17.8 Å². The van der Waals surface area contributed by atoms with Gasteiger partial charge in [0.05, 0.1) is 6.61 Å². The molecule has 1 aromatic carbocycles. The van der Waals surface area contributed by atoms with E-state index < -0.39 is 30.6 Å². The van der Waals surface area contributed by atoms with Crippen LogP contribution in [0.1, 0.15) is 32.3 Å². The molecule has 0 saturated heterocycles. The van der Waals surface area contributed by atoms with Crippen molar-refractivity contribution in [2.24, 2.45) is 17.6 Å². The molecule has 1 aromatic rings. The number of carboxylic acids is 1. The lowest BCUT2D eigenvalue weighted by Gasteiger charge is -2.24. The van der Waals surface area contributed by atoms with Crippen molar-refractivity contribution in [1.29, 1.82) is 0 Å². The number of aliphatic carboxylic acids is 1. The average molecular weight is 393 g/mol. The molecule has 2 amide bonds. The number of benzene rings is 1. The summed E-state index contributed by atoms with van der Waals surface area (Å²) in [5.41, 5.74) is 6.24. The minimum atomic E-state index is -1.21. The van der Waals surface area contributed by atoms with E-state index in [0.29, 0.717) is 6.54 Å². The Kier molecular flexibility index (Phi) is 10.2. The monoisotopic (exact) mass is 393 g/mol. The van der Waals surface area contributed by atoms with Gasteiger partial charge < -0.3 is 26.6 Å². The summed E-state index contributed by atoms with van der Waals surface area (Å²) in [5.74, 6) is -2.59. The summed E-state index contributed by atoms with van der Waals surface area (Å²) in [6.45, 7) is 3.59. The maximum atomic E-state index is 12.4. The minimum absolute atomic E-state index is 0.0656. The van der Waals surface area contributed by atoms with E-state index in [1.54, 1.807) is 31.2 Å². The van der Waals surface area contributed by atoms with Gasteiger partial charge in [-0.05, 0) is 30.9 Å². The molecule has 0 aliphatic heterocycles. The first-order valence-electron chi connectivity index (χ1n) is 9.48. The number of hydrogen-bond acceptors (Lipinski definition) is 5. The van der Waals surface area contributed by atoms with E-state index >= 15 is 0 Å². The molecule has 0 fully saturated rings. The van der Waals surface area contributed by atoms with Crippen LogP contribution >= 0.6 is 0 Å². The number of rotatable bonds is 12. The number of nitrogens with two attached hydrogens (primary N) is 1. The molecule has 0 aliphatic rings. The quantitative estimate of drug-likeness (QED) is 0.345. The fraction of sp³-hybridized carbons (Fsp3) is 0.550. The predicted molar refractivity (Wildman–Crippen MR) is 105 cm³/mol. The number of carbonyl (C=O) groups is 3. The third kappa shape index (κ3) is 7.66. The molecule has 8 nitrogen and oxygen atoms in total. The first-order valence-corrected chi connectivity index (χ1v) is 9.48. The number of aliphatic hydroxyl groups excluding tert-OH is 1. The SMILES string of the molecule is C[C@H](CCCN)[C@H](C)C(=O)N[C@@H](CO)C(=O)N[C@@H](Cc1ccccc1)C(=O)O. The zero-order chi connectivity index (χ0) is 21.1. The van der Waals surface area contributed by atoms with Crippen molar-refractivity contribution in [2.75, 3.05) is 13.2 Å². The molecule has 0 aliphatic carbocycles. The molecule has 6 N–H and O–H groups in total. The maximum Gasteiger partial charge on any atom is 0.326 e. The Morgan fingerprint density at radius 2 is 1.64 bits per heavy atom. The molecule has 8 heteroatoms. The second kappa shape index (κ2) is 12.1. The van der Waals surface area contributed by atoms with E-state index in [0.717, 1.165) is 18.4 Å². The van der Waals surface area contributed by atoms with Crippen LogP contribution in [0.4, 0.5) is 0 Å². The molecule has 156 valence electrons. The number of nitrogens with one attached hydrogen (secondary N) is 2. The number of hydrogen-bond donors (Lipinski definition) is 5. The molecule has 28 heavy (non-hydrogen) atoms. The van der Waals surface area contributed by atoms with Crippen molar-refractivity contribution < 1.29 is 24.6 Å². The number of carboxylic acid groups (broad SMARTS) is 1. The smallest absolute Gasteiger partial charge is 0.326 e. The summed E-state index contributed by atoms with van der Waals surface area (Å²) in [7, 11) is 0. The van der Waals surface area contributed by atoms with E-state index in [-0.39, 0.29) is 24.2 Å². The van der Waals surface area contributed by atoms with E-state index in [4.69, 9.17) is 5.73 Å². The van der Waals surface area contributed by atoms with Crippen LogP contribution < -0.4 is 16.4 Å². The average Bonchev–Trinajstić information content (AvgIpc) is 2.69. The van der Waals surface area contributed by atoms with Crippen LogP contribution in [-0.4, -0.2) is 53.2 Å². The fourth-order valence-corrected chi connectivity index (χ4v) is 2.77. The molecule has 4 atom stereocenters. The van der Waals surface area contributed by atoms with Gasteiger partial charge in [0, 0.05) is 12.3 Å². The normalized spacial score (nSPS) is 15.1. The Balaban J connectivity index is 2.69. The topological polar surface area (TPSA) is 142 Å². The lowest BCUT2D eigenvalue weighted by Crippen LogP contribution is -2.54. The molecule has 0 bridgehead atoms. The van der Waals surface area contributed by atoms with Crippen LogP contribution in [-0.2, 0) is 20.8 Å². The van der Waals surface area contributed by atoms with Gasteiger partial charge in [0.2, 0.25) is 11.8 Å². The third-order valence-corrected chi connectivity index (χ3v) is 4.84. The Hall–Kier alpha value is -2.45. The highest BCUT2D eigenvalue weighted by Gasteiger charge is 2.28. The zero-order valence-electron chi connectivity index (χ0n) is 16.4. The van der Waals surface area contributed by atoms with E-state index in [1.165, 1.54) is 0 Å². The predicted octanol–water partition coefficient (Wildman–Crippen LogP) is 0.287. The molecule has 0 aromatic heterocycles. The van der Waals surface area contributed by atoms with Gasteiger partial charge in [-0.15, -0.1) is 0 Å². The van der Waals surface area contributed by atoms with Gasteiger partial charge >= 0.3 is 5.97 Å². The van der Waals surface area contributed by atoms with Gasteiger partial charge in [-0.2, -0.15) is 0 Å². The number of carbonyl (C=O) groups excluding carboxylic acids is 2. The standard InChI is InChI=1S/C20H31N3O5/c1-13(7-6-10-21)14(2)18(25)23-17(12-24)19(26)22-16(20(27)28)11-15-8-4-3-5-9-15/h3-5,8-9,13-14,16-17,24H,6-7,10-12,21H2,1-2H3,(H,22,26)(H,23,25)(H,27,28)/t13-,14+,16+,17+/m1/s1. The van der Waals surface area contributed by atoms with Crippen LogP contribution in [0.5, 0.6) is 0 Å². The molecular weight excluding hydrogens is 362 g/mol. The highest BCUT2D eigenvalue weighted by atomic mass is 16.4. The second-order valence-corrected chi connectivity index (χ2v) is 7.03. The zero-order valence-corrected chi connectivity index (χ0v) is 16.4. The minimum Gasteiger partial charge on any atom is -0.480 e. The lowest BCUT2D eigenvalue weighted by atomic mass is 9.90. The summed E-state index contributed by atoms with van der Waals surface area (Å²) in [6, 6.07) is 6.51. The van der Waals surface area contributed by atoms with E-state index in [2.05, 4.69) is 10.6 Å². The highest BCUT2D eigenvalue weighted by molar-refractivity contribution is 5.91. The van der Waals surface area contributed by atoms with Crippen molar-refractivity contribution in [3.8, 4) is 0 Å². The molecular formula is C20H31N3O5. The van der Waals surface area contributed by atoms with Gasteiger partial charge in [0.1, 0.15) is 12.1 Å². The van der Waals surface area contributed by atoms with Crippen molar-refractivity contribution in [3.05, 3.63) is 35.9 Å². The van der Waals surface area contributed by atoms with Gasteiger partial charge in [-0.3, -0.25) is 9.59 Å². The fourth-order valence-electron chi connectivity index (χ4n) is 2.77. The summed E-state index contributed by atoms with van der Waals surface area (Å²) >= 11 is 0. The Morgan fingerprint density at radius 1 is 1.04 bits per heavy atom. The molecule has 0 spiro atoms. The summed E-state index contributed by atoms with van der Waals surface area (Å²) in [5, 5.41) is 23.8.